The van der Waals surface area contributed by atoms with E-state index in [4.69, 9.17) is 0 Å². The molecule has 0 aliphatic heterocycles. The second-order valence-electron chi connectivity index (χ2n) is 6.05. The second-order valence-corrected chi connectivity index (χ2v) is 6.05. The van der Waals surface area contributed by atoms with Gasteiger partial charge in [-0.15, -0.1) is 0 Å². The van der Waals surface area contributed by atoms with Crippen molar-refractivity contribution in [2.24, 2.45) is 5.92 Å². The highest BCUT2D eigenvalue weighted by molar-refractivity contribution is 6.02. The molecule has 0 bridgehead atoms. The van der Waals surface area contributed by atoms with Gasteiger partial charge in [0, 0.05) is 11.9 Å². The maximum Gasteiger partial charge on any atom is 0.319 e. The summed E-state index contributed by atoms with van der Waals surface area (Å²) in [6.07, 6.45) is 6.29. The van der Waals surface area contributed by atoms with E-state index in [1.807, 2.05) is 24.3 Å². The molecule has 2 aromatic carbocycles. The monoisotopic (exact) mass is 298 g/mol. The van der Waals surface area contributed by atoms with Crippen molar-refractivity contribution in [3.63, 3.8) is 0 Å². The van der Waals surface area contributed by atoms with Gasteiger partial charge in [0.05, 0.1) is 5.69 Å². The number of urea groups is 1. The van der Waals surface area contributed by atoms with Gasteiger partial charge in [0.1, 0.15) is 5.75 Å². The fourth-order valence-electron chi connectivity index (χ4n) is 3.16. The number of carbonyl (C=O) groups is 1. The van der Waals surface area contributed by atoms with Gasteiger partial charge in [-0.1, -0.05) is 37.5 Å². The lowest BCUT2D eigenvalue weighted by atomic mass is 9.89. The zero-order valence-electron chi connectivity index (χ0n) is 12.6. The highest BCUT2D eigenvalue weighted by Gasteiger charge is 2.14. The topological polar surface area (TPSA) is 61.4 Å². The van der Waals surface area contributed by atoms with E-state index in [1.54, 1.807) is 12.1 Å². The molecule has 2 aromatic rings. The minimum absolute atomic E-state index is 0.179. The van der Waals surface area contributed by atoms with Crippen molar-refractivity contribution in [3.8, 4) is 5.75 Å². The molecule has 1 aliphatic carbocycles. The molecule has 4 nitrogen and oxygen atoms in total. The van der Waals surface area contributed by atoms with E-state index in [1.165, 1.54) is 32.1 Å². The van der Waals surface area contributed by atoms with Gasteiger partial charge >= 0.3 is 6.03 Å². The molecule has 0 unspecified atom stereocenters. The highest BCUT2D eigenvalue weighted by atomic mass is 16.3. The number of aromatic hydroxyl groups is 1. The third kappa shape index (κ3) is 3.50. The molecule has 0 radical (unpaired) electrons. The van der Waals surface area contributed by atoms with Crippen LogP contribution in [-0.4, -0.2) is 17.7 Å². The van der Waals surface area contributed by atoms with Crippen molar-refractivity contribution in [1.82, 2.24) is 5.32 Å². The van der Waals surface area contributed by atoms with E-state index < -0.39 is 0 Å². The van der Waals surface area contributed by atoms with Gasteiger partial charge in [-0.05, 0) is 42.3 Å². The van der Waals surface area contributed by atoms with Crippen LogP contribution in [0.2, 0.25) is 0 Å². The van der Waals surface area contributed by atoms with Crippen LogP contribution in [0, 0.1) is 5.92 Å². The summed E-state index contributed by atoms with van der Waals surface area (Å²) in [6, 6.07) is 10.7. The maximum atomic E-state index is 12.1. The maximum absolute atomic E-state index is 12.1. The third-order valence-corrected chi connectivity index (χ3v) is 4.39. The second kappa shape index (κ2) is 6.69. The summed E-state index contributed by atoms with van der Waals surface area (Å²) in [5.41, 5.74) is 0.717. The molecule has 3 N–H and O–H groups in total. The number of anilines is 1. The Morgan fingerprint density at radius 3 is 2.77 bits per heavy atom. The average molecular weight is 298 g/mol. The summed E-state index contributed by atoms with van der Waals surface area (Å²) in [5, 5.41) is 17.3. The van der Waals surface area contributed by atoms with Crippen LogP contribution in [-0.2, 0) is 0 Å². The number of carbonyl (C=O) groups excluding carboxylic acids is 1. The number of phenolic OH excluding ortho intramolecular Hbond substituents is 1. The largest absolute Gasteiger partial charge is 0.508 e. The highest BCUT2D eigenvalue weighted by Crippen LogP contribution is 2.27. The van der Waals surface area contributed by atoms with E-state index in [2.05, 4.69) is 10.6 Å². The lowest BCUT2D eigenvalue weighted by Gasteiger charge is -2.21. The molecule has 4 heteroatoms. The Morgan fingerprint density at radius 1 is 1.14 bits per heavy atom. The lowest BCUT2D eigenvalue weighted by Crippen LogP contribution is -2.33. The van der Waals surface area contributed by atoms with Crippen LogP contribution in [0.25, 0.3) is 10.8 Å². The molecule has 1 saturated carbocycles. The minimum atomic E-state index is -0.179. The van der Waals surface area contributed by atoms with Crippen molar-refractivity contribution < 1.29 is 9.90 Å². The quantitative estimate of drug-likeness (QED) is 0.793. The molecule has 0 saturated heterocycles. The van der Waals surface area contributed by atoms with Crippen molar-refractivity contribution in [1.29, 1.82) is 0 Å². The van der Waals surface area contributed by atoms with Gasteiger partial charge < -0.3 is 15.7 Å². The molecule has 0 atom stereocenters. The van der Waals surface area contributed by atoms with Crippen molar-refractivity contribution >= 4 is 22.5 Å². The molecule has 3 rings (SSSR count). The third-order valence-electron chi connectivity index (χ3n) is 4.39. The molecule has 0 heterocycles. The Kier molecular flexibility index (Phi) is 4.47. The first-order valence-electron chi connectivity index (χ1n) is 7.99. The van der Waals surface area contributed by atoms with Gasteiger partial charge in [0.2, 0.25) is 0 Å². The summed E-state index contributed by atoms with van der Waals surface area (Å²) >= 11 is 0. The number of phenols is 1. The number of fused-ring (bicyclic) bond motifs is 1. The number of nitrogens with one attached hydrogen (secondary N) is 2. The van der Waals surface area contributed by atoms with Crippen LogP contribution in [0.5, 0.6) is 5.75 Å². The van der Waals surface area contributed by atoms with Crippen LogP contribution in [0.1, 0.15) is 32.1 Å². The zero-order valence-corrected chi connectivity index (χ0v) is 12.6. The van der Waals surface area contributed by atoms with E-state index >= 15 is 0 Å². The predicted molar refractivity (Wildman–Crippen MR) is 89.2 cm³/mol. The van der Waals surface area contributed by atoms with Gasteiger partial charge in [-0.3, -0.25) is 0 Å². The van der Waals surface area contributed by atoms with E-state index in [9.17, 15) is 9.90 Å². The molecule has 2 amide bonds. The first-order chi connectivity index (χ1) is 10.7. The fraction of sp³-hybridized carbons (Fsp3) is 0.389. The molecule has 1 fully saturated rings. The zero-order chi connectivity index (χ0) is 15.4. The Balaban J connectivity index is 1.64. The van der Waals surface area contributed by atoms with Crippen LogP contribution < -0.4 is 10.6 Å². The predicted octanol–water partition coefficient (Wildman–Crippen LogP) is 4.25. The summed E-state index contributed by atoms with van der Waals surface area (Å²) in [4.78, 5) is 12.1. The van der Waals surface area contributed by atoms with Gasteiger partial charge in [-0.2, -0.15) is 0 Å². The normalized spacial score (nSPS) is 15.6. The molecular weight excluding hydrogens is 276 g/mol. The molecule has 0 aromatic heterocycles. The Morgan fingerprint density at radius 2 is 1.95 bits per heavy atom. The minimum Gasteiger partial charge on any atom is -0.508 e. The summed E-state index contributed by atoms with van der Waals surface area (Å²) in [5.74, 6) is 0.806. The number of amides is 2. The number of hydrogen-bond donors (Lipinski definition) is 3. The van der Waals surface area contributed by atoms with Gasteiger partial charge in [0.15, 0.2) is 0 Å². The van der Waals surface area contributed by atoms with Crippen molar-refractivity contribution in [3.05, 3.63) is 36.4 Å². The molecule has 22 heavy (non-hydrogen) atoms. The van der Waals surface area contributed by atoms with Crippen LogP contribution in [0.4, 0.5) is 10.5 Å². The standard InChI is InChI=1S/C18H22N2O2/c21-15-10-9-14-7-4-8-17(16(14)11-15)20-18(22)19-12-13-5-2-1-3-6-13/h4,7-11,13,21H,1-3,5-6,12H2,(H2,19,20,22). The smallest absolute Gasteiger partial charge is 0.319 e. The summed E-state index contributed by atoms with van der Waals surface area (Å²) < 4.78 is 0. The van der Waals surface area contributed by atoms with Gasteiger partial charge in [0.25, 0.3) is 0 Å². The van der Waals surface area contributed by atoms with E-state index in [0.717, 1.165) is 23.0 Å². The van der Waals surface area contributed by atoms with E-state index in [0.29, 0.717) is 5.92 Å². The van der Waals surface area contributed by atoms with Crippen LogP contribution in [0.15, 0.2) is 36.4 Å². The summed E-state index contributed by atoms with van der Waals surface area (Å²) in [7, 11) is 0. The Labute approximate surface area is 130 Å². The first-order valence-corrected chi connectivity index (χ1v) is 7.99. The Bertz CT molecular complexity index is 663. The van der Waals surface area contributed by atoms with Crippen LogP contribution >= 0.6 is 0 Å². The van der Waals surface area contributed by atoms with E-state index in [-0.39, 0.29) is 11.8 Å². The fourth-order valence-corrected chi connectivity index (χ4v) is 3.16. The molecule has 116 valence electrons. The molecule has 1 aliphatic rings. The molecule has 0 spiro atoms. The van der Waals surface area contributed by atoms with Crippen molar-refractivity contribution in [2.75, 3.05) is 11.9 Å². The first kappa shape index (κ1) is 14.7. The molecular formula is C18H22N2O2. The average Bonchev–Trinajstić information content (AvgIpc) is 2.54. The van der Waals surface area contributed by atoms with Crippen LogP contribution in [0.3, 0.4) is 0 Å². The number of hydrogen-bond acceptors (Lipinski definition) is 2. The van der Waals surface area contributed by atoms with Crippen molar-refractivity contribution in [2.45, 2.75) is 32.1 Å². The number of rotatable bonds is 3. The SMILES string of the molecule is O=C(NCC1CCCCC1)Nc1cccc2ccc(O)cc12. The number of benzene rings is 2. The Hall–Kier alpha value is -2.23. The lowest BCUT2D eigenvalue weighted by molar-refractivity contribution is 0.247. The summed E-state index contributed by atoms with van der Waals surface area (Å²) in [6.45, 7) is 0.738. The van der Waals surface area contributed by atoms with Gasteiger partial charge in [-0.25, -0.2) is 4.79 Å².